The molecule has 0 aliphatic carbocycles. The van der Waals surface area contributed by atoms with Crippen LogP contribution in [0.5, 0.6) is 23.0 Å². The number of ether oxygens (including phenoxy) is 4. The first-order chi connectivity index (χ1) is 26.3. The molecule has 0 heterocycles. The summed E-state index contributed by atoms with van der Waals surface area (Å²) in [6.45, 7) is 16.6. The molecule has 0 spiro atoms. The van der Waals surface area contributed by atoms with Crippen LogP contribution in [0.15, 0.2) is 72.8 Å². The minimum Gasteiger partial charge on any atom is -0.507 e. The second kappa shape index (κ2) is 20.1. The van der Waals surface area contributed by atoms with Crippen LogP contribution in [0.4, 0.5) is 0 Å². The van der Waals surface area contributed by atoms with Gasteiger partial charge < -0.3 is 29.2 Å². The lowest BCUT2D eigenvalue weighted by molar-refractivity contribution is -0.146. The fourth-order valence-electron chi connectivity index (χ4n) is 6.61. The smallest absolute Gasteiger partial charge is 0.313 e. The molecule has 8 nitrogen and oxygen atoms in total. The lowest BCUT2D eigenvalue weighted by atomic mass is 9.78. The quantitative estimate of drug-likeness (QED) is 0.0678. The van der Waals surface area contributed by atoms with E-state index in [0.29, 0.717) is 23.0 Å². The number of aromatic hydroxyl groups is 2. The minimum atomic E-state index is -0.452. The van der Waals surface area contributed by atoms with Crippen molar-refractivity contribution < 1.29 is 38.7 Å². The SMILES string of the molecule is CCCCc1cc(C(C)C(=O)OCCOc2ccc(C(C)(C)c3ccc(OCCOC(=O)C(C)c4cc(C)c(O)c(CCCC)c4)cc3)cc2)cc(C)c1O. The van der Waals surface area contributed by atoms with E-state index in [2.05, 4.69) is 27.7 Å². The third kappa shape index (κ3) is 11.5. The molecule has 0 amide bonds. The number of benzene rings is 4. The molecule has 55 heavy (non-hydrogen) atoms. The molecule has 0 bridgehead atoms. The molecule has 2 unspecified atom stereocenters. The van der Waals surface area contributed by atoms with Gasteiger partial charge in [-0.25, -0.2) is 0 Å². The lowest BCUT2D eigenvalue weighted by Crippen LogP contribution is -2.19. The van der Waals surface area contributed by atoms with E-state index in [4.69, 9.17) is 18.9 Å². The van der Waals surface area contributed by atoms with Gasteiger partial charge in [0.2, 0.25) is 0 Å². The summed E-state index contributed by atoms with van der Waals surface area (Å²) in [5, 5.41) is 20.9. The molecule has 4 aromatic carbocycles. The highest BCUT2D eigenvalue weighted by molar-refractivity contribution is 5.78. The van der Waals surface area contributed by atoms with Crippen LogP contribution in [0.1, 0.15) is 124 Å². The Kier molecular flexibility index (Phi) is 15.6. The number of aryl methyl sites for hydroxylation is 4. The average molecular weight is 753 g/mol. The third-order valence-corrected chi connectivity index (χ3v) is 10.5. The summed E-state index contributed by atoms with van der Waals surface area (Å²) in [5.74, 6) is 0.437. The normalized spacial score (nSPS) is 12.5. The molecular weight excluding hydrogens is 693 g/mol. The average Bonchev–Trinajstić information content (AvgIpc) is 3.18. The highest BCUT2D eigenvalue weighted by Gasteiger charge is 2.24. The molecule has 0 radical (unpaired) electrons. The van der Waals surface area contributed by atoms with E-state index in [1.165, 1.54) is 0 Å². The van der Waals surface area contributed by atoms with Crippen molar-refractivity contribution in [2.45, 2.75) is 111 Å². The van der Waals surface area contributed by atoms with E-state index in [9.17, 15) is 19.8 Å². The maximum Gasteiger partial charge on any atom is 0.313 e. The van der Waals surface area contributed by atoms with E-state index in [1.807, 2.05) is 100 Å². The van der Waals surface area contributed by atoms with Crippen molar-refractivity contribution in [3.05, 3.63) is 117 Å². The number of phenols is 2. The zero-order valence-corrected chi connectivity index (χ0v) is 34.0. The van der Waals surface area contributed by atoms with E-state index in [1.54, 1.807) is 0 Å². The van der Waals surface area contributed by atoms with Crippen molar-refractivity contribution in [2.24, 2.45) is 0 Å². The van der Waals surface area contributed by atoms with Gasteiger partial charge in [-0.15, -0.1) is 0 Å². The van der Waals surface area contributed by atoms with Gasteiger partial charge in [0, 0.05) is 5.41 Å². The van der Waals surface area contributed by atoms with Crippen LogP contribution in [0.3, 0.4) is 0 Å². The van der Waals surface area contributed by atoms with Gasteiger partial charge in [-0.3, -0.25) is 9.59 Å². The molecule has 0 saturated carbocycles. The lowest BCUT2D eigenvalue weighted by Gasteiger charge is -2.26. The van der Waals surface area contributed by atoms with Crippen LogP contribution in [0.2, 0.25) is 0 Å². The highest BCUT2D eigenvalue weighted by Crippen LogP contribution is 2.34. The van der Waals surface area contributed by atoms with Crippen molar-refractivity contribution >= 4 is 11.9 Å². The molecule has 0 saturated heterocycles. The Labute approximate surface area is 327 Å². The Morgan fingerprint density at radius 2 is 0.964 bits per heavy atom. The zero-order valence-electron chi connectivity index (χ0n) is 34.0. The van der Waals surface area contributed by atoms with Crippen molar-refractivity contribution in [3.63, 3.8) is 0 Å². The monoisotopic (exact) mass is 752 g/mol. The van der Waals surface area contributed by atoms with Gasteiger partial charge in [0.25, 0.3) is 0 Å². The molecule has 296 valence electrons. The summed E-state index contributed by atoms with van der Waals surface area (Å²) in [6.07, 6.45) is 5.55. The van der Waals surface area contributed by atoms with Gasteiger partial charge in [0.05, 0.1) is 11.8 Å². The summed E-state index contributed by atoms with van der Waals surface area (Å²) in [5.41, 5.74) is 6.88. The summed E-state index contributed by atoms with van der Waals surface area (Å²) < 4.78 is 22.8. The standard InChI is InChI=1S/C47H60O8/c1-9-11-13-35-29-37(27-31(3)43(35)48)33(5)45(50)54-25-23-52-41-19-15-39(16-20-41)47(7,8)40-17-21-42(22-18-40)53-24-26-55-46(51)34(6)38-28-32(4)44(49)36(30-38)14-12-10-2/h15-22,27-30,33-34,48-49H,9-14,23-26H2,1-8H3. The van der Waals surface area contributed by atoms with Gasteiger partial charge in [-0.1, -0.05) is 89.1 Å². The minimum absolute atomic E-state index is 0.131. The molecule has 0 aromatic heterocycles. The Hall–Kier alpha value is -4.98. The summed E-state index contributed by atoms with van der Waals surface area (Å²) >= 11 is 0. The molecular formula is C47H60O8. The molecule has 2 N–H and O–H groups in total. The fourth-order valence-corrected chi connectivity index (χ4v) is 6.61. The van der Waals surface area contributed by atoms with E-state index in [0.717, 1.165) is 83.0 Å². The molecule has 4 aromatic rings. The van der Waals surface area contributed by atoms with Crippen molar-refractivity contribution in [2.75, 3.05) is 26.4 Å². The summed E-state index contributed by atoms with van der Waals surface area (Å²) in [7, 11) is 0. The maximum absolute atomic E-state index is 12.8. The maximum atomic E-state index is 12.8. The third-order valence-electron chi connectivity index (χ3n) is 10.5. The summed E-state index contributed by atoms with van der Waals surface area (Å²) in [6, 6.07) is 23.4. The van der Waals surface area contributed by atoms with E-state index in [-0.39, 0.29) is 43.8 Å². The number of carbonyl (C=O) groups is 2. The van der Waals surface area contributed by atoms with Crippen LogP contribution in [-0.2, 0) is 37.3 Å². The van der Waals surface area contributed by atoms with Crippen molar-refractivity contribution in [3.8, 4) is 23.0 Å². The molecule has 2 atom stereocenters. The largest absolute Gasteiger partial charge is 0.507 e. The Balaban J connectivity index is 1.21. The van der Waals surface area contributed by atoms with Gasteiger partial charge in [-0.05, 0) is 122 Å². The second-order valence-electron chi connectivity index (χ2n) is 15.0. The first kappa shape index (κ1) is 42.8. The molecule has 0 aliphatic rings. The predicted octanol–water partition coefficient (Wildman–Crippen LogP) is 10.2. The van der Waals surface area contributed by atoms with Crippen LogP contribution < -0.4 is 9.47 Å². The zero-order chi connectivity index (χ0) is 40.1. The topological polar surface area (TPSA) is 112 Å². The van der Waals surface area contributed by atoms with Crippen molar-refractivity contribution in [1.82, 2.24) is 0 Å². The molecule has 4 rings (SSSR count). The van der Waals surface area contributed by atoms with Gasteiger partial charge in [-0.2, -0.15) is 0 Å². The van der Waals surface area contributed by atoms with E-state index >= 15 is 0 Å². The van der Waals surface area contributed by atoms with Gasteiger partial charge >= 0.3 is 11.9 Å². The fraction of sp³-hybridized carbons (Fsp3) is 0.447. The van der Waals surface area contributed by atoms with Crippen LogP contribution >= 0.6 is 0 Å². The number of rotatable bonds is 20. The Morgan fingerprint density at radius 1 is 0.600 bits per heavy atom. The van der Waals surface area contributed by atoms with Crippen LogP contribution in [-0.4, -0.2) is 48.6 Å². The predicted molar refractivity (Wildman–Crippen MR) is 218 cm³/mol. The number of hydrogen-bond acceptors (Lipinski definition) is 8. The van der Waals surface area contributed by atoms with Gasteiger partial charge in [0.1, 0.15) is 49.4 Å². The number of hydrogen-bond donors (Lipinski definition) is 2. The Morgan fingerprint density at radius 3 is 1.31 bits per heavy atom. The number of esters is 2. The second-order valence-corrected chi connectivity index (χ2v) is 15.0. The first-order valence-electron chi connectivity index (χ1n) is 19.7. The number of carbonyl (C=O) groups excluding carboxylic acids is 2. The first-order valence-corrected chi connectivity index (χ1v) is 19.7. The molecule has 8 heteroatoms. The molecule has 0 aliphatic heterocycles. The van der Waals surface area contributed by atoms with Gasteiger partial charge in [0.15, 0.2) is 0 Å². The van der Waals surface area contributed by atoms with Crippen LogP contribution in [0.25, 0.3) is 0 Å². The molecule has 0 fully saturated rings. The number of phenolic OH excluding ortho intramolecular Hbond substituents is 2. The number of unbranched alkanes of at least 4 members (excludes halogenated alkanes) is 2. The highest BCUT2D eigenvalue weighted by atomic mass is 16.6. The summed E-state index contributed by atoms with van der Waals surface area (Å²) in [4.78, 5) is 25.6. The Bertz CT molecular complexity index is 1720. The van der Waals surface area contributed by atoms with Crippen molar-refractivity contribution in [1.29, 1.82) is 0 Å². The van der Waals surface area contributed by atoms with Crippen LogP contribution in [0, 0.1) is 13.8 Å². The van der Waals surface area contributed by atoms with E-state index < -0.39 is 11.8 Å².